The summed E-state index contributed by atoms with van der Waals surface area (Å²) in [6.45, 7) is 4.64. The summed E-state index contributed by atoms with van der Waals surface area (Å²) in [4.78, 5) is 2.21. The van der Waals surface area contributed by atoms with Gasteiger partial charge in [-0.3, -0.25) is 0 Å². The van der Waals surface area contributed by atoms with Crippen LogP contribution in [0.2, 0.25) is 0 Å². The predicted octanol–water partition coefficient (Wildman–Crippen LogP) is 3.75. The molecule has 2 aromatic carbocycles. The fourth-order valence-electron chi connectivity index (χ4n) is 2.30. The maximum absolute atomic E-state index is 3.85. The molecule has 0 spiro atoms. The van der Waals surface area contributed by atoms with E-state index in [1.54, 1.807) is 0 Å². The van der Waals surface area contributed by atoms with Gasteiger partial charge in [-0.05, 0) is 29.3 Å². The lowest BCUT2D eigenvalue weighted by Gasteiger charge is -2.20. The van der Waals surface area contributed by atoms with Crippen LogP contribution >= 0.6 is 0 Å². The molecule has 0 aromatic heterocycles. The van der Waals surface area contributed by atoms with Crippen molar-refractivity contribution in [1.29, 1.82) is 0 Å². The summed E-state index contributed by atoms with van der Waals surface area (Å²) in [6, 6.07) is 19.0. The highest BCUT2D eigenvalue weighted by Gasteiger charge is 2.14. The van der Waals surface area contributed by atoms with Crippen molar-refractivity contribution in [1.82, 2.24) is 5.32 Å². The third-order valence-corrected chi connectivity index (χ3v) is 3.29. The van der Waals surface area contributed by atoms with Crippen LogP contribution in [0.3, 0.4) is 0 Å². The number of nitrogens with one attached hydrogen (secondary N) is 1. The lowest BCUT2D eigenvalue weighted by atomic mass is 10.0. The first-order valence-electron chi connectivity index (χ1n) is 6.37. The molecule has 0 fully saturated rings. The Labute approximate surface area is 113 Å². The van der Waals surface area contributed by atoms with Crippen LogP contribution in [0.15, 0.2) is 79.1 Å². The highest BCUT2D eigenvalue weighted by molar-refractivity contribution is 5.70. The average Bonchev–Trinajstić information content (AvgIpc) is 2.97. The summed E-state index contributed by atoms with van der Waals surface area (Å²) < 4.78 is 0. The summed E-state index contributed by atoms with van der Waals surface area (Å²) in [5.41, 5.74) is 4.75. The zero-order valence-corrected chi connectivity index (χ0v) is 10.7. The topological polar surface area (TPSA) is 15.3 Å². The molecule has 0 radical (unpaired) electrons. The molecule has 0 atom stereocenters. The third-order valence-electron chi connectivity index (χ3n) is 3.29. The molecule has 1 heterocycles. The number of hydrogen-bond donors (Lipinski definition) is 1. The molecule has 1 N–H and O–H groups in total. The maximum atomic E-state index is 3.85. The minimum Gasteiger partial charge on any atom is -0.372 e. The number of benzene rings is 2. The molecule has 2 aromatic rings. The van der Waals surface area contributed by atoms with Gasteiger partial charge in [0.2, 0.25) is 0 Å². The molecule has 0 amide bonds. The first-order chi connectivity index (χ1) is 9.38. The lowest BCUT2D eigenvalue weighted by molar-refractivity contribution is 0.893. The van der Waals surface area contributed by atoms with E-state index in [9.17, 15) is 0 Å². The number of allylic oxidation sites excluding steroid dienone is 1. The minimum atomic E-state index is 0.791. The molecule has 2 heteroatoms. The van der Waals surface area contributed by atoms with Gasteiger partial charge in [-0.15, -0.1) is 0 Å². The predicted molar refractivity (Wildman–Crippen MR) is 80.6 cm³/mol. The van der Waals surface area contributed by atoms with Gasteiger partial charge in [-0.25, -0.2) is 0 Å². The molecule has 94 valence electrons. The van der Waals surface area contributed by atoms with Crippen LogP contribution in [0, 0.1) is 0 Å². The van der Waals surface area contributed by atoms with Gasteiger partial charge < -0.3 is 10.2 Å². The highest BCUT2D eigenvalue weighted by Crippen LogP contribution is 2.27. The fraction of sp³-hybridized carbons (Fsp3) is 0.0588. The van der Waals surface area contributed by atoms with E-state index < -0.39 is 0 Å². The molecule has 1 aliphatic rings. The molecule has 2 nitrogen and oxygen atoms in total. The summed E-state index contributed by atoms with van der Waals surface area (Å²) >= 11 is 0. The Hall–Kier alpha value is -2.48. The Balaban J connectivity index is 1.97. The van der Waals surface area contributed by atoms with Crippen molar-refractivity contribution in [2.45, 2.75) is 0 Å². The Morgan fingerprint density at radius 1 is 1.00 bits per heavy atom. The van der Waals surface area contributed by atoms with Crippen molar-refractivity contribution in [3.8, 4) is 11.1 Å². The Kier molecular flexibility index (Phi) is 3.07. The van der Waals surface area contributed by atoms with Crippen molar-refractivity contribution < 1.29 is 0 Å². The van der Waals surface area contributed by atoms with Crippen LogP contribution in [0.5, 0.6) is 0 Å². The van der Waals surface area contributed by atoms with Crippen LogP contribution < -0.4 is 10.2 Å². The van der Waals surface area contributed by atoms with Crippen LogP contribution in [0.4, 0.5) is 5.69 Å². The van der Waals surface area contributed by atoms with E-state index >= 15 is 0 Å². The summed E-state index contributed by atoms with van der Waals surface area (Å²) in [5, 5.41) is 3.22. The molecule has 0 saturated carbocycles. The minimum absolute atomic E-state index is 0.791. The van der Waals surface area contributed by atoms with Gasteiger partial charge in [0, 0.05) is 11.9 Å². The fourth-order valence-corrected chi connectivity index (χ4v) is 2.30. The lowest BCUT2D eigenvalue weighted by Crippen LogP contribution is -2.22. The standard InChI is InChI=1S/C17H16N2/c1-2-16-12-18-13-19(16)17-10-6-9-15(11-17)14-7-4-3-5-8-14/h2-12,18H,1,13H2. The van der Waals surface area contributed by atoms with Gasteiger partial charge in [-0.2, -0.15) is 0 Å². The highest BCUT2D eigenvalue weighted by atomic mass is 15.3. The van der Waals surface area contributed by atoms with Crippen molar-refractivity contribution in [3.05, 3.63) is 79.1 Å². The van der Waals surface area contributed by atoms with Gasteiger partial charge in [0.15, 0.2) is 0 Å². The number of anilines is 1. The maximum Gasteiger partial charge on any atom is 0.0922 e. The SMILES string of the molecule is C=CC1=CNCN1c1cccc(-c2ccccc2)c1. The van der Waals surface area contributed by atoms with E-state index in [0.717, 1.165) is 12.4 Å². The van der Waals surface area contributed by atoms with Crippen molar-refractivity contribution in [2.24, 2.45) is 0 Å². The molecule has 0 unspecified atom stereocenters. The Bertz CT molecular complexity index is 614. The molecule has 1 aliphatic heterocycles. The van der Waals surface area contributed by atoms with Crippen LogP contribution in [-0.2, 0) is 0 Å². The zero-order chi connectivity index (χ0) is 13.1. The molecule has 0 saturated heterocycles. The van der Waals surface area contributed by atoms with E-state index in [1.165, 1.54) is 16.8 Å². The monoisotopic (exact) mass is 248 g/mol. The van der Waals surface area contributed by atoms with E-state index in [4.69, 9.17) is 0 Å². The molecule has 0 bridgehead atoms. The number of hydrogen-bond acceptors (Lipinski definition) is 2. The van der Waals surface area contributed by atoms with Crippen LogP contribution in [0.25, 0.3) is 11.1 Å². The van der Waals surface area contributed by atoms with E-state index in [-0.39, 0.29) is 0 Å². The molecule has 19 heavy (non-hydrogen) atoms. The summed E-state index contributed by atoms with van der Waals surface area (Å²) in [7, 11) is 0. The average molecular weight is 248 g/mol. The van der Waals surface area contributed by atoms with E-state index in [2.05, 4.69) is 65.3 Å². The molecule has 3 rings (SSSR count). The van der Waals surface area contributed by atoms with Crippen LogP contribution in [-0.4, -0.2) is 6.67 Å². The van der Waals surface area contributed by atoms with E-state index in [1.807, 2.05) is 18.3 Å². The van der Waals surface area contributed by atoms with Gasteiger partial charge >= 0.3 is 0 Å². The molecular weight excluding hydrogens is 232 g/mol. The van der Waals surface area contributed by atoms with Crippen molar-refractivity contribution in [2.75, 3.05) is 11.6 Å². The second kappa shape index (κ2) is 5.02. The molecular formula is C17H16N2. The Morgan fingerprint density at radius 2 is 1.79 bits per heavy atom. The normalized spacial score (nSPS) is 13.9. The van der Waals surface area contributed by atoms with Gasteiger partial charge in [0.1, 0.15) is 0 Å². The molecule has 0 aliphatic carbocycles. The third kappa shape index (κ3) is 2.25. The first-order valence-corrected chi connectivity index (χ1v) is 6.37. The quantitative estimate of drug-likeness (QED) is 0.890. The van der Waals surface area contributed by atoms with Crippen molar-refractivity contribution >= 4 is 5.69 Å². The number of nitrogens with zero attached hydrogens (tertiary/aromatic N) is 1. The van der Waals surface area contributed by atoms with Crippen LogP contribution in [0.1, 0.15) is 0 Å². The van der Waals surface area contributed by atoms with Gasteiger partial charge in [0.05, 0.1) is 12.4 Å². The van der Waals surface area contributed by atoms with Gasteiger partial charge in [0.25, 0.3) is 0 Å². The van der Waals surface area contributed by atoms with Crippen molar-refractivity contribution in [3.63, 3.8) is 0 Å². The zero-order valence-electron chi connectivity index (χ0n) is 10.7. The largest absolute Gasteiger partial charge is 0.372 e. The Morgan fingerprint density at radius 3 is 2.58 bits per heavy atom. The first kappa shape index (κ1) is 11.6. The summed E-state index contributed by atoms with van der Waals surface area (Å²) in [6.07, 6.45) is 3.86. The second-order valence-corrected chi connectivity index (χ2v) is 4.48. The second-order valence-electron chi connectivity index (χ2n) is 4.48. The van der Waals surface area contributed by atoms with E-state index in [0.29, 0.717) is 0 Å². The smallest absolute Gasteiger partial charge is 0.0922 e. The number of rotatable bonds is 3. The van der Waals surface area contributed by atoms with Gasteiger partial charge in [-0.1, -0.05) is 49.0 Å². The summed E-state index contributed by atoms with van der Waals surface area (Å²) in [5.74, 6) is 0.